The summed E-state index contributed by atoms with van der Waals surface area (Å²) in [6.45, 7) is 8.97. The quantitative estimate of drug-likeness (QED) is 0.356. The van der Waals surface area contributed by atoms with E-state index in [9.17, 15) is 0 Å². The van der Waals surface area contributed by atoms with Crippen LogP contribution in [0.15, 0.2) is 72.8 Å². The molecule has 1 heterocycles. The smallest absolute Gasteiger partial charge is 0.0615 e. The first-order valence-electron chi connectivity index (χ1n) is 9.71. The van der Waals surface area contributed by atoms with Crippen molar-refractivity contribution in [3.05, 3.63) is 83.9 Å². The first-order chi connectivity index (χ1) is 13.1. The van der Waals surface area contributed by atoms with Gasteiger partial charge < -0.3 is 0 Å². The topological polar surface area (TPSA) is 6.02 Å². The summed E-state index contributed by atoms with van der Waals surface area (Å²) in [6, 6.07) is 29.5. The fourth-order valence-electron chi connectivity index (χ4n) is 3.78. The fourth-order valence-corrected chi connectivity index (χ4v) is 3.78. The zero-order valence-corrected chi connectivity index (χ0v) is 16.5. The highest BCUT2D eigenvalue weighted by Gasteiger charge is 2.38. The van der Waals surface area contributed by atoms with E-state index in [-0.39, 0.29) is 0 Å². The zero-order chi connectivity index (χ0) is 19.0. The van der Waals surface area contributed by atoms with Crippen LogP contribution in [-0.2, 0) is 0 Å². The molecule has 0 aromatic heterocycles. The van der Waals surface area contributed by atoms with Gasteiger partial charge in [-0.1, -0.05) is 76.2 Å². The molecule has 134 valence electrons. The maximum Gasteiger partial charge on any atom is 0.503 e. The molecule has 0 spiro atoms. The van der Waals surface area contributed by atoms with E-state index in [1.54, 1.807) is 0 Å². The molecule has 0 atom stereocenters. The van der Waals surface area contributed by atoms with Crippen LogP contribution in [0.5, 0.6) is 0 Å². The number of benzene rings is 3. The van der Waals surface area contributed by atoms with Gasteiger partial charge >= 0.3 is 6.01 Å². The van der Waals surface area contributed by atoms with Gasteiger partial charge in [0.15, 0.2) is 0 Å². The Morgan fingerprint density at radius 1 is 0.519 bits per heavy atom. The molecule has 1 aliphatic rings. The number of fused-ring (bicyclic) bond motifs is 1. The molecule has 0 saturated heterocycles. The van der Waals surface area contributed by atoms with Gasteiger partial charge in [0.25, 0.3) is 11.4 Å². The molecule has 0 N–H and O–H groups in total. The van der Waals surface area contributed by atoms with Gasteiger partial charge in [0, 0.05) is 35.4 Å². The molecule has 0 amide bonds. The highest BCUT2D eigenvalue weighted by molar-refractivity contribution is 5.85. The SMILES string of the molecule is CC(C)c1ccccc1[N+]1=C=[N+](c2ccccc2C(C)C)c2ccccc21. The van der Waals surface area contributed by atoms with Crippen LogP contribution in [0.25, 0.3) is 0 Å². The number of hydrogen-bond acceptors (Lipinski definition) is 0. The molecule has 2 heteroatoms. The third-order valence-electron chi connectivity index (χ3n) is 5.16. The predicted octanol–water partition coefficient (Wildman–Crippen LogP) is 6.79. The van der Waals surface area contributed by atoms with Crippen LogP contribution in [0.4, 0.5) is 22.7 Å². The Morgan fingerprint density at radius 3 is 1.22 bits per heavy atom. The largest absolute Gasteiger partial charge is 0.503 e. The first kappa shape index (κ1) is 17.5. The van der Waals surface area contributed by atoms with E-state index >= 15 is 0 Å². The third-order valence-corrected chi connectivity index (χ3v) is 5.16. The Labute approximate surface area is 161 Å². The maximum absolute atomic E-state index is 3.65. The molecule has 0 saturated carbocycles. The Bertz CT molecular complexity index is 984. The van der Waals surface area contributed by atoms with Crippen molar-refractivity contribution >= 4 is 28.8 Å². The Hall–Kier alpha value is -2.96. The number of para-hydroxylation sites is 4. The first-order valence-corrected chi connectivity index (χ1v) is 9.71. The van der Waals surface area contributed by atoms with E-state index in [1.807, 2.05) is 0 Å². The van der Waals surface area contributed by atoms with Crippen molar-refractivity contribution in [2.24, 2.45) is 0 Å². The van der Waals surface area contributed by atoms with Crippen molar-refractivity contribution in [3.8, 4) is 0 Å². The van der Waals surface area contributed by atoms with Crippen LogP contribution in [0.2, 0.25) is 0 Å². The zero-order valence-electron chi connectivity index (χ0n) is 16.5. The monoisotopic (exact) mass is 354 g/mol. The number of rotatable bonds is 4. The van der Waals surface area contributed by atoms with Gasteiger partial charge in [-0.05, 0) is 21.0 Å². The van der Waals surface area contributed by atoms with Gasteiger partial charge in [-0.3, -0.25) is 0 Å². The molecule has 3 aromatic rings. The van der Waals surface area contributed by atoms with Gasteiger partial charge in [0.05, 0.1) is 0 Å². The van der Waals surface area contributed by atoms with Gasteiger partial charge in [0.2, 0.25) is 11.4 Å². The van der Waals surface area contributed by atoms with Crippen molar-refractivity contribution in [1.29, 1.82) is 0 Å². The predicted molar refractivity (Wildman–Crippen MR) is 115 cm³/mol. The van der Waals surface area contributed by atoms with Crippen LogP contribution in [0, 0.1) is 0 Å². The normalized spacial score (nSPS) is 13.0. The molecule has 2 nitrogen and oxygen atoms in total. The van der Waals surface area contributed by atoms with Crippen molar-refractivity contribution in [3.63, 3.8) is 0 Å². The van der Waals surface area contributed by atoms with Gasteiger partial charge in [-0.25, -0.2) is 0 Å². The van der Waals surface area contributed by atoms with Crippen molar-refractivity contribution in [1.82, 2.24) is 9.15 Å². The molecule has 0 unspecified atom stereocenters. The molecule has 0 radical (unpaired) electrons. The second-order valence-electron chi connectivity index (χ2n) is 7.69. The summed E-state index contributed by atoms with van der Waals surface area (Å²) < 4.78 is 4.42. The Balaban J connectivity index is 2.01. The van der Waals surface area contributed by atoms with E-state index in [4.69, 9.17) is 0 Å². The van der Waals surface area contributed by atoms with E-state index in [0.29, 0.717) is 11.8 Å². The summed E-state index contributed by atoms with van der Waals surface area (Å²) in [5.74, 6) is 0.902. The molecular weight excluding hydrogens is 328 g/mol. The van der Waals surface area contributed by atoms with Gasteiger partial charge in [0.1, 0.15) is 0 Å². The molecular formula is C25H26N2+2. The fraction of sp³-hybridized carbons (Fsp3) is 0.240. The van der Waals surface area contributed by atoms with Crippen LogP contribution >= 0.6 is 0 Å². The van der Waals surface area contributed by atoms with Crippen LogP contribution < -0.4 is 9.15 Å². The van der Waals surface area contributed by atoms with E-state index in [2.05, 4.69) is 116 Å². The molecule has 4 rings (SSSR count). The van der Waals surface area contributed by atoms with Crippen LogP contribution in [-0.4, -0.2) is 6.01 Å². The summed E-state index contributed by atoms with van der Waals surface area (Å²) in [4.78, 5) is 0. The summed E-state index contributed by atoms with van der Waals surface area (Å²) in [6.07, 6.45) is 0. The molecule has 1 aliphatic heterocycles. The standard InChI is InChI=1S/C25H26N2/c1-18(2)20-11-5-7-13-22(20)26-17-27(25-16-10-9-15-24(25)26)23-14-8-6-12-21(23)19(3)4/h5-16,18-19H,1-4H3/q+2. The molecule has 0 fully saturated rings. The molecule has 27 heavy (non-hydrogen) atoms. The second kappa shape index (κ2) is 6.98. The number of hydrogen-bond donors (Lipinski definition) is 0. The minimum absolute atomic E-state index is 0.451. The van der Waals surface area contributed by atoms with E-state index in [1.165, 1.54) is 33.9 Å². The van der Waals surface area contributed by atoms with Crippen LogP contribution in [0.1, 0.15) is 50.7 Å². The third kappa shape index (κ3) is 3.03. The lowest BCUT2D eigenvalue weighted by Gasteiger charge is -2.07. The minimum atomic E-state index is 0.451. The minimum Gasteiger partial charge on any atom is -0.0615 e. The Morgan fingerprint density at radius 2 is 0.852 bits per heavy atom. The maximum atomic E-state index is 3.65. The van der Waals surface area contributed by atoms with Gasteiger partial charge in [-0.2, -0.15) is 0 Å². The Kier molecular flexibility index (Phi) is 4.51. The van der Waals surface area contributed by atoms with Crippen molar-refractivity contribution < 1.29 is 0 Å². The summed E-state index contributed by atoms with van der Waals surface area (Å²) in [5, 5.41) is 0. The van der Waals surface area contributed by atoms with Gasteiger partial charge in [-0.15, -0.1) is 0 Å². The second-order valence-corrected chi connectivity index (χ2v) is 7.69. The lowest BCUT2D eigenvalue weighted by atomic mass is 10.0. The van der Waals surface area contributed by atoms with Crippen LogP contribution in [0.3, 0.4) is 0 Å². The van der Waals surface area contributed by atoms with E-state index < -0.39 is 0 Å². The van der Waals surface area contributed by atoms with Crippen molar-refractivity contribution in [2.45, 2.75) is 39.5 Å². The summed E-state index contributed by atoms with van der Waals surface area (Å²) >= 11 is 0. The lowest BCUT2D eigenvalue weighted by Crippen LogP contribution is -2.05. The number of nitrogens with zero attached hydrogens (tertiary/aromatic N) is 2. The molecule has 3 aromatic carbocycles. The lowest BCUT2D eigenvalue weighted by molar-refractivity contribution is 0.853. The average molecular weight is 354 g/mol. The highest BCUT2D eigenvalue weighted by Crippen LogP contribution is 2.39. The molecule has 0 bridgehead atoms. The average Bonchev–Trinajstić information content (AvgIpc) is 3.07. The summed E-state index contributed by atoms with van der Waals surface area (Å²) in [5.41, 5.74) is 7.40. The van der Waals surface area contributed by atoms with E-state index in [0.717, 1.165) is 0 Å². The summed E-state index contributed by atoms with van der Waals surface area (Å²) in [7, 11) is 0. The highest BCUT2D eigenvalue weighted by atomic mass is 15.2. The van der Waals surface area contributed by atoms with Crippen molar-refractivity contribution in [2.75, 3.05) is 0 Å². The molecule has 0 aliphatic carbocycles.